The van der Waals surface area contributed by atoms with E-state index in [1.807, 2.05) is 24.3 Å². The number of allylic oxidation sites excluding steroid dienone is 1. The number of methoxy groups -OCH3 is 2. The third kappa shape index (κ3) is 3.56. The quantitative estimate of drug-likeness (QED) is 0.656. The number of rotatable bonds is 7. The van der Waals surface area contributed by atoms with Gasteiger partial charge in [0.05, 0.1) is 14.2 Å². The van der Waals surface area contributed by atoms with Crippen LogP contribution in [0, 0.1) is 0 Å². The van der Waals surface area contributed by atoms with Crippen LogP contribution in [-0.2, 0) is 17.6 Å². The Kier molecular flexibility index (Phi) is 5.43. The second-order valence-corrected chi connectivity index (χ2v) is 6.65. The van der Waals surface area contributed by atoms with E-state index in [1.165, 1.54) is 5.56 Å². The fraction of sp³-hybridized carbons (Fsp3) is 0.250. The van der Waals surface area contributed by atoms with Gasteiger partial charge in [0.1, 0.15) is 0 Å². The third-order valence-electron chi connectivity index (χ3n) is 4.42. The maximum atomic E-state index is 11.7. The first-order chi connectivity index (χ1) is 12.2. The molecule has 0 saturated heterocycles. The van der Waals surface area contributed by atoms with E-state index in [2.05, 4.69) is 34.1 Å². The van der Waals surface area contributed by atoms with Gasteiger partial charge in [-0.15, -0.1) is 0 Å². The molecule has 1 aliphatic rings. The van der Waals surface area contributed by atoms with Gasteiger partial charge in [0.25, 0.3) is 0 Å². The van der Waals surface area contributed by atoms with Crippen molar-refractivity contribution in [2.45, 2.75) is 12.8 Å². The molecule has 5 heteroatoms. The molecule has 0 atom stereocenters. The monoisotopic (exact) mass is 401 g/mol. The van der Waals surface area contributed by atoms with Gasteiger partial charge >= 0.3 is 0 Å². The summed E-state index contributed by atoms with van der Waals surface area (Å²) in [6.07, 6.45) is 4.60. The Balaban J connectivity index is 1.78. The Bertz CT molecular complexity index is 817. The van der Waals surface area contributed by atoms with Gasteiger partial charge in [-0.3, -0.25) is 4.79 Å². The van der Waals surface area contributed by atoms with Crippen LogP contribution in [0.2, 0.25) is 0 Å². The van der Waals surface area contributed by atoms with Crippen LogP contribution < -0.4 is 9.47 Å². The van der Waals surface area contributed by atoms with Gasteiger partial charge in [-0.1, -0.05) is 46.3 Å². The number of benzene rings is 2. The molecule has 0 saturated carbocycles. The highest BCUT2D eigenvalue weighted by molar-refractivity contribution is 9.10. The molecule has 0 radical (unpaired) electrons. The Labute approximate surface area is 156 Å². The average molecular weight is 402 g/mol. The first-order valence-electron chi connectivity index (χ1n) is 8.08. The largest absolute Gasteiger partial charge is 0.493 e. The first-order valence-corrected chi connectivity index (χ1v) is 8.88. The van der Waals surface area contributed by atoms with Gasteiger partial charge in [-0.25, -0.2) is 0 Å². The van der Waals surface area contributed by atoms with Crippen LogP contribution in [0.3, 0.4) is 0 Å². The van der Waals surface area contributed by atoms with E-state index >= 15 is 0 Å². The van der Waals surface area contributed by atoms with Crippen LogP contribution in [0.15, 0.2) is 46.9 Å². The van der Waals surface area contributed by atoms with Crippen molar-refractivity contribution < 1.29 is 14.3 Å². The van der Waals surface area contributed by atoms with Crippen molar-refractivity contribution in [2.75, 3.05) is 20.8 Å². The first kappa shape index (κ1) is 17.5. The smallest absolute Gasteiger partial charge is 0.214 e. The summed E-state index contributed by atoms with van der Waals surface area (Å²) < 4.78 is 11.6. The van der Waals surface area contributed by atoms with Crippen molar-refractivity contribution in [3.8, 4) is 11.5 Å². The van der Waals surface area contributed by atoms with Crippen LogP contribution in [0.4, 0.5) is 0 Å². The van der Waals surface area contributed by atoms with Crippen LogP contribution in [0.1, 0.15) is 16.7 Å². The summed E-state index contributed by atoms with van der Waals surface area (Å²) in [6.45, 7) is 0.595. The van der Waals surface area contributed by atoms with Crippen molar-refractivity contribution in [2.24, 2.45) is 0 Å². The van der Waals surface area contributed by atoms with Crippen molar-refractivity contribution >= 4 is 28.0 Å². The number of hydrogen-bond donors (Lipinski definition) is 0. The minimum absolute atomic E-state index is 0.595. The van der Waals surface area contributed by atoms with Crippen LogP contribution in [0.25, 0.3) is 5.70 Å². The molecule has 0 bridgehead atoms. The summed E-state index contributed by atoms with van der Waals surface area (Å²) in [5, 5.41) is 0. The highest BCUT2D eigenvalue weighted by Gasteiger charge is 2.19. The number of amides is 1. The summed E-state index contributed by atoms with van der Waals surface area (Å²) in [7, 11) is 3.23. The Hall–Kier alpha value is -2.27. The van der Waals surface area contributed by atoms with Gasteiger partial charge in [0, 0.05) is 22.3 Å². The van der Waals surface area contributed by atoms with Gasteiger partial charge in [-0.2, -0.15) is 0 Å². The molecule has 3 rings (SSSR count). The maximum absolute atomic E-state index is 11.7. The van der Waals surface area contributed by atoms with E-state index in [0.29, 0.717) is 24.5 Å². The number of halogens is 1. The van der Waals surface area contributed by atoms with Crippen LogP contribution in [0.5, 0.6) is 11.5 Å². The predicted octanol–water partition coefficient (Wildman–Crippen LogP) is 4.06. The molecule has 130 valence electrons. The van der Waals surface area contributed by atoms with Gasteiger partial charge in [0.2, 0.25) is 6.41 Å². The summed E-state index contributed by atoms with van der Waals surface area (Å²) in [4.78, 5) is 13.4. The Morgan fingerprint density at radius 1 is 1.16 bits per heavy atom. The van der Waals surface area contributed by atoms with E-state index in [9.17, 15) is 4.79 Å². The van der Waals surface area contributed by atoms with Gasteiger partial charge in [0.15, 0.2) is 11.5 Å². The second kappa shape index (κ2) is 7.74. The van der Waals surface area contributed by atoms with Crippen LogP contribution >= 0.6 is 15.9 Å². The normalized spacial score (nSPS) is 12.4. The number of fused-ring (bicyclic) bond motifs is 1. The standard InChI is InChI=1S/C20H20BrNO3/c1-24-19-11-15(17(21)12-20(19)25-2)9-10-22(13-23)18-8-7-14-5-3-4-6-16(14)18/h3-6,8,11-13H,7,9-10H2,1-2H3. The lowest BCUT2D eigenvalue weighted by molar-refractivity contribution is -0.115. The molecular weight excluding hydrogens is 382 g/mol. The molecule has 25 heavy (non-hydrogen) atoms. The highest BCUT2D eigenvalue weighted by Crippen LogP contribution is 2.34. The lowest BCUT2D eigenvalue weighted by Gasteiger charge is -2.20. The minimum atomic E-state index is 0.595. The third-order valence-corrected chi connectivity index (χ3v) is 5.16. The zero-order valence-corrected chi connectivity index (χ0v) is 15.9. The number of carbonyl (C=O) groups excluding carboxylic acids is 1. The summed E-state index contributed by atoms with van der Waals surface area (Å²) >= 11 is 3.58. The molecule has 0 unspecified atom stereocenters. The van der Waals surface area contributed by atoms with E-state index in [-0.39, 0.29) is 0 Å². The molecule has 2 aromatic rings. The fourth-order valence-electron chi connectivity index (χ4n) is 3.10. The SMILES string of the molecule is COc1cc(Br)c(CCN(C=O)C2=CCc3ccccc32)cc1OC. The summed E-state index contributed by atoms with van der Waals surface area (Å²) in [6, 6.07) is 12.0. The topological polar surface area (TPSA) is 38.8 Å². The molecule has 0 heterocycles. The van der Waals surface area contributed by atoms with Crippen molar-refractivity contribution in [1.82, 2.24) is 4.90 Å². The van der Waals surface area contributed by atoms with Gasteiger partial charge in [-0.05, 0) is 36.1 Å². The minimum Gasteiger partial charge on any atom is -0.493 e. The molecule has 0 N–H and O–H groups in total. The van der Waals surface area contributed by atoms with Crippen molar-refractivity contribution in [1.29, 1.82) is 0 Å². The van der Waals surface area contributed by atoms with E-state index in [1.54, 1.807) is 19.1 Å². The zero-order valence-electron chi connectivity index (χ0n) is 14.3. The average Bonchev–Trinajstić information content (AvgIpc) is 3.07. The molecule has 0 aliphatic heterocycles. The lowest BCUT2D eigenvalue weighted by atomic mass is 10.1. The van der Waals surface area contributed by atoms with Gasteiger partial charge < -0.3 is 14.4 Å². The van der Waals surface area contributed by atoms with E-state index in [0.717, 1.165) is 34.1 Å². The number of carbonyl (C=O) groups is 1. The van der Waals surface area contributed by atoms with E-state index < -0.39 is 0 Å². The summed E-state index contributed by atoms with van der Waals surface area (Å²) in [5.74, 6) is 1.36. The van der Waals surface area contributed by atoms with E-state index in [4.69, 9.17) is 9.47 Å². The highest BCUT2D eigenvalue weighted by atomic mass is 79.9. The van der Waals surface area contributed by atoms with Crippen molar-refractivity contribution in [3.05, 3.63) is 63.6 Å². The Morgan fingerprint density at radius 3 is 2.60 bits per heavy atom. The number of hydrogen-bond acceptors (Lipinski definition) is 3. The maximum Gasteiger partial charge on any atom is 0.214 e. The fourth-order valence-corrected chi connectivity index (χ4v) is 3.62. The number of nitrogens with zero attached hydrogens (tertiary/aromatic N) is 1. The molecule has 0 aromatic heterocycles. The zero-order chi connectivity index (χ0) is 17.8. The number of ether oxygens (including phenoxy) is 2. The second-order valence-electron chi connectivity index (χ2n) is 5.80. The molecular formula is C20H20BrNO3. The molecule has 1 amide bonds. The summed E-state index contributed by atoms with van der Waals surface area (Å²) in [5.41, 5.74) is 4.45. The molecule has 1 aliphatic carbocycles. The predicted molar refractivity (Wildman–Crippen MR) is 102 cm³/mol. The molecule has 2 aromatic carbocycles. The van der Waals surface area contributed by atoms with Crippen molar-refractivity contribution in [3.63, 3.8) is 0 Å². The lowest BCUT2D eigenvalue weighted by Crippen LogP contribution is -2.22. The molecule has 0 spiro atoms. The molecule has 4 nitrogen and oxygen atoms in total. The Morgan fingerprint density at radius 2 is 1.88 bits per heavy atom. The molecule has 0 fully saturated rings. The van der Waals surface area contributed by atoms with Crippen LogP contribution in [-0.4, -0.2) is 32.1 Å².